The van der Waals surface area contributed by atoms with Crippen LogP contribution in [-0.2, 0) is 4.79 Å². The number of amides is 1. The summed E-state index contributed by atoms with van der Waals surface area (Å²) >= 11 is 17.6. The second-order valence-electron chi connectivity index (χ2n) is 5.14. The number of halogens is 3. The van der Waals surface area contributed by atoms with Crippen molar-refractivity contribution in [3.8, 4) is 5.75 Å². The van der Waals surface area contributed by atoms with Crippen molar-refractivity contribution < 1.29 is 14.3 Å². The van der Waals surface area contributed by atoms with Crippen LogP contribution in [0.2, 0.25) is 0 Å². The molecule has 7 heteroatoms. The first-order chi connectivity index (χ1) is 10.7. The van der Waals surface area contributed by atoms with E-state index in [2.05, 4.69) is 12.2 Å². The van der Waals surface area contributed by atoms with Gasteiger partial charge in [0.25, 0.3) is 0 Å². The molecule has 0 heterocycles. The highest BCUT2D eigenvalue weighted by molar-refractivity contribution is 6.68. The molecule has 1 amide bonds. The smallest absolute Gasteiger partial charge is 0.246 e. The lowest BCUT2D eigenvalue weighted by Crippen LogP contribution is -2.47. The molecule has 1 aromatic carbocycles. The van der Waals surface area contributed by atoms with Crippen molar-refractivity contribution in [2.24, 2.45) is 0 Å². The van der Waals surface area contributed by atoms with Gasteiger partial charge in [0.2, 0.25) is 15.9 Å². The third-order valence-electron chi connectivity index (χ3n) is 3.11. The summed E-state index contributed by atoms with van der Waals surface area (Å²) in [5.41, 5.74) is 0.548. The SMILES string of the molecule is CCCCCC(=O)N[C@H](Oc1ccc(C(C)=O)cc1)C(Cl)(Cl)Cl. The zero-order valence-corrected chi connectivity index (χ0v) is 15.3. The van der Waals surface area contributed by atoms with Gasteiger partial charge in [-0.2, -0.15) is 0 Å². The van der Waals surface area contributed by atoms with Crippen LogP contribution in [0.15, 0.2) is 24.3 Å². The highest BCUT2D eigenvalue weighted by atomic mass is 35.6. The van der Waals surface area contributed by atoms with E-state index in [1.165, 1.54) is 6.92 Å². The number of hydrogen-bond donors (Lipinski definition) is 1. The van der Waals surface area contributed by atoms with Gasteiger partial charge in [0, 0.05) is 12.0 Å². The maximum atomic E-state index is 11.9. The van der Waals surface area contributed by atoms with Gasteiger partial charge in [-0.05, 0) is 37.6 Å². The van der Waals surface area contributed by atoms with Crippen molar-refractivity contribution in [1.29, 1.82) is 0 Å². The van der Waals surface area contributed by atoms with E-state index in [4.69, 9.17) is 39.5 Å². The van der Waals surface area contributed by atoms with Crippen LogP contribution in [-0.4, -0.2) is 21.7 Å². The van der Waals surface area contributed by atoms with E-state index in [9.17, 15) is 9.59 Å². The number of ketones is 1. The van der Waals surface area contributed by atoms with E-state index in [0.29, 0.717) is 17.7 Å². The summed E-state index contributed by atoms with van der Waals surface area (Å²) < 4.78 is 3.73. The van der Waals surface area contributed by atoms with Crippen LogP contribution in [0.5, 0.6) is 5.75 Å². The molecule has 1 atom stereocenters. The summed E-state index contributed by atoms with van der Waals surface area (Å²) in [5, 5.41) is 2.58. The summed E-state index contributed by atoms with van der Waals surface area (Å²) in [6.45, 7) is 3.52. The van der Waals surface area contributed by atoms with E-state index in [-0.39, 0.29) is 11.7 Å². The average molecular weight is 381 g/mol. The Morgan fingerprint density at radius 3 is 2.26 bits per heavy atom. The van der Waals surface area contributed by atoms with Crippen LogP contribution in [0.4, 0.5) is 0 Å². The van der Waals surface area contributed by atoms with Gasteiger partial charge in [0.15, 0.2) is 5.78 Å². The molecular formula is C16H20Cl3NO3. The second-order valence-corrected chi connectivity index (χ2v) is 7.51. The average Bonchev–Trinajstić information content (AvgIpc) is 2.46. The molecule has 1 N–H and O–H groups in total. The maximum absolute atomic E-state index is 11.9. The fourth-order valence-electron chi connectivity index (χ4n) is 1.84. The Hall–Kier alpha value is -0.970. The molecule has 0 aliphatic rings. The van der Waals surface area contributed by atoms with Gasteiger partial charge < -0.3 is 10.1 Å². The second kappa shape index (κ2) is 9.36. The van der Waals surface area contributed by atoms with Gasteiger partial charge in [-0.15, -0.1) is 0 Å². The monoisotopic (exact) mass is 379 g/mol. The molecule has 0 aliphatic carbocycles. The van der Waals surface area contributed by atoms with Gasteiger partial charge in [0.05, 0.1) is 0 Å². The third-order valence-corrected chi connectivity index (χ3v) is 3.71. The van der Waals surface area contributed by atoms with Crippen LogP contribution in [0.25, 0.3) is 0 Å². The lowest BCUT2D eigenvalue weighted by Gasteiger charge is -2.26. The number of rotatable bonds is 8. The van der Waals surface area contributed by atoms with Crippen LogP contribution in [0, 0.1) is 0 Å². The molecule has 1 rings (SSSR count). The number of alkyl halides is 3. The topological polar surface area (TPSA) is 55.4 Å². The predicted octanol–water partition coefficient (Wildman–Crippen LogP) is 4.66. The zero-order valence-electron chi connectivity index (χ0n) is 13.1. The zero-order chi connectivity index (χ0) is 17.5. The van der Waals surface area contributed by atoms with Crippen LogP contribution < -0.4 is 10.1 Å². The number of nitrogens with one attached hydrogen (secondary N) is 1. The molecule has 4 nitrogen and oxygen atoms in total. The Kier molecular flexibility index (Phi) is 8.17. The van der Waals surface area contributed by atoms with Crippen molar-refractivity contribution in [3.05, 3.63) is 29.8 Å². The van der Waals surface area contributed by atoms with Gasteiger partial charge in [-0.3, -0.25) is 9.59 Å². The summed E-state index contributed by atoms with van der Waals surface area (Å²) in [6.07, 6.45) is 1.96. The molecule has 0 bridgehead atoms. The molecule has 128 valence electrons. The summed E-state index contributed by atoms with van der Waals surface area (Å²) in [6, 6.07) is 6.39. The predicted molar refractivity (Wildman–Crippen MR) is 93.4 cm³/mol. The van der Waals surface area contributed by atoms with Crippen LogP contribution in [0.3, 0.4) is 0 Å². The minimum atomic E-state index is -1.82. The Bertz CT molecular complexity index is 526. The Balaban J connectivity index is 2.71. The summed E-state index contributed by atoms with van der Waals surface area (Å²) in [5.74, 6) is 0.0917. The van der Waals surface area contributed by atoms with Gasteiger partial charge >= 0.3 is 0 Å². The number of benzene rings is 1. The molecule has 0 saturated heterocycles. The molecule has 0 aromatic heterocycles. The largest absolute Gasteiger partial charge is 0.466 e. The summed E-state index contributed by atoms with van der Waals surface area (Å²) in [7, 11) is 0. The lowest BCUT2D eigenvalue weighted by atomic mass is 10.1. The summed E-state index contributed by atoms with van der Waals surface area (Å²) in [4.78, 5) is 23.1. The standard InChI is InChI=1S/C16H20Cl3NO3/c1-3-4-5-6-14(22)20-15(16(17,18)19)23-13-9-7-12(8-10-13)11(2)21/h7-10,15H,3-6H2,1-2H3,(H,20,22)/t15-/m1/s1. The first-order valence-corrected chi connectivity index (χ1v) is 8.51. The number of carbonyl (C=O) groups is 2. The third kappa shape index (κ3) is 7.42. The Labute approximate surface area is 151 Å². The van der Waals surface area contributed by atoms with E-state index >= 15 is 0 Å². The molecule has 0 unspecified atom stereocenters. The first kappa shape index (κ1) is 20.1. The van der Waals surface area contributed by atoms with Crippen LogP contribution in [0.1, 0.15) is 49.9 Å². The molecule has 0 aliphatic heterocycles. The van der Waals surface area contributed by atoms with E-state index in [1.54, 1.807) is 24.3 Å². The van der Waals surface area contributed by atoms with Crippen molar-refractivity contribution in [2.75, 3.05) is 0 Å². The molecule has 23 heavy (non-hydrogen) atoms. The van der Waals surface area contributed by atoms with Crippen molar-refractivity contribution in [1.82, 2.24) is 5.32 Å². The molecule has 0 saturated carbocycles. The molecular weight excluding hydrogens is 361 g/mol. The van der Waals surface area contributed by atoms with Crippen molar-refractivity contribution in [2.45, 2.75) is 49.6 Å². The minimum Gasteiger partial charge on any atom is -0.466 e. The number of carbonyl (C=O) groups excluding carboxylic acids is 2. The number of ether oxygens (including phenoxy) is 1. The lowest BCUT2D eigenvalue weighted by molar-refractivity contribution is -0.123. The van der Waals surface area contributed by atoms with Gasteiger partial charge in [-0.1, -0.05) is 54.6 Å². The van der Waals surface area contributed by atoms with Crippen LogP contribution >= 0.6 is 34.8 Å². The minimum absolute atomic E-state index is 0.0568. The van der Waals surface area contributed by atoms with Gasteiger partial charge in [-0.25, -0.2) is 0 Å². The fourth-order valence-corrected chi connectivity index (χ4v) is 2.13. The van der Waals surface area contributed by atoms with E-state index in [0.717, 1.165) is 19.3 Å². The Morgan fingerprint density at radius 2 is 1.78 bits per heavy atom. The maximum Gasteiger partial charge on any atom is 0.246 e. The highest BCUT2D eigenvalue weighted by Gasteiger charge is 2.36. The van der Waals surface area contributed by atoms with Crippen molar-refractivity contribution in [3.63, 3.8) is 0 Å². The van der Waals surface area contributed by atoms with E-state index < -0.39 is 10.0 Å². The van der Waals surface area contributed by atoms with Crippen molar-refractivity contribution >= 4 is 46.5 Å². The van der Waals surface area contributed by atoms with Gasteiger partial charge in [0.1, 0.15) is 5.75 Å². The fraction of sp³-hybridized carbons (Fsp3) is 0.500. The number of hydrogen-bond acceptors (Lipinski definition) is 3. The number of Topliss-reactive ketones (excluding diaryl/α,β-unsaturated/α-hetero) is 1. The normalized spacial score (nSPS) is 12.6. The first-order valence-electron chi connectivity index (χ1n) is 7.37. The quantitative estimate of drug-likeness (QED) is 0.309. The number of unbranched alkanes of at least 4 members (excludes halogenated alkanes) is 2. The highest BCUT2D eigenvalue weighted by Crippen LogP contribution is 2.32. The molecule has 1 aromatic rings. The Morgan fingerprint density at radius 1 is 1.17 bits per heavy atom. The molecule has 0 radical (unpaired) electrons. The van der Waals surface area contributed by atoms with E-state index in [1.807, 2.05) is 0 Å². The molecule has 0 fully saturated rings. The molecule has 0 spiro atoms.